The van der Waals surface area contributed by atoms with Crippen molar-refractivity contribution in [3.05, 3.63) is 71.7 Å². The molecule has 4 rings (SSSR count). The quantitative estimate of drug-likeness (QED) is 0.729. The molecule has 4 heteroatoms. The van der Waals surface area contributed by atoms with Gasteiger partial charge in [0.1, 0.15) is 5.82 Å². The van der Waals surface area contributed by atoms with Crippen molar-refractivity contribution in [2.45, 2.75) is 31.2 Å². The lowest BCUT2D eigenvalue weighted by atomic mass is 9.88. The fraction of sp³-hybridized carbons (Fsp3) is 0.250. The van der Waals surface area contributed by atoms with Crippen LogP contribution in [0.4, 0.5) is 4.39 Å². The number of H-pyrrole nitrogens is 1. The van der Waals surface area contributed by atoms with Gasteiger partial charge in [0, 0.05) is 35.5 Å². The van der Waals surface area contributed by atoms with Crippen molar-refractivity contribution in [2.24, 2.45) is 0 Å². The highest BCUT2D eigenvalue weighted by molar-refractivity contribution is 5.86. The number of rotatable bonds is 5. The number of hydrogen-bond acceptors (Lipinski definition) is 1. The molecule has 24 heavy (non-hydrogen) atoms. The smallest absolute Gasteiger partial charge is 0.221 e. The van der Waals surface area contributed by atoms with Crippen LogP contribution in [0.5, 0.6) is 0 Å². The lowest BCUT2D eigenvalue weighted by Gasteiger charge is -2.17. The fourth-order valence-electron chi connectivity index (χ4n) is 3.21. The van der Waals surface area contributed by atoms with Crippen molar-refractivity contribution in [2.75, 3.05) is 0 Å². The summed E-state index contributed by atoms with van der Waals surface area (Å²) >= 11 is 0. The maximum absolute atomic E-state index is 13.7. The summed E-state index contributed by atoms with van der Waals surface area (Å²) in [5.74, 6) is -0.424. The van der Waals surface area contributed by atoms with Crippen LogP contribution in [-0.4, -0.2) is 16.9 Å². The lowest BCUT2D eigenvalue weighted by molar-refractivity contribution is -0.121. The standard InChI is InChI=1S/C20H19FN2O/c21-14-5-3-4-13(10-14)17(11-20(24)23-15-8-9-15)18-12-22-19-7-2-1-6-16(18)19/h1-7,10,12,15,17,22H,8-9,11H2,(H,23,24)/t17-/m0/s1. The highest BCUT2D eigenvalue weighted by Gasteiger charge is 2.26. The number of para-hydroxylation sites is 1. The summed E-state index contributed by atoms with van der Waals surface area (Å²) in [5.41, 5.74) is 2.88. The van der Waals surface area contributed by atoms with Crippen LogP contribution in [0.1, 0.15) is 36.3 Å². The SMILES string of the molecule is O=C(C[C@@H](c1cccc(F)c1)c1c[nH]c2ccccc12)NC1CC1. The molecule has 2 N–H and O–H groups in total. The predicted molar refractivity (Wildman–Crippen MR) is 92.3 cm³/mol. The predicted octanol–water partition coefficient (Wildman–Crippen LogP) is 4.11. The van der Waals surface area contributed by atoms with E-state index in [0.717, 1.165) is 34.9 Å². The summed E-state index contributed by atoms with van der Waals surface area (Å²) < 4.78 is 13.7. The summed E-state index contributed by atoms with van der Waals surface area (Å²) in [7, 11) is 0. The first-order chi connectivity index (χ1) is 11.7. The molecule has 1 heterocycles. The summed E-state index contributed by atoms with van der Waals surface area (Å²) in [6, 6.07) is 14.9. The van der Waals surface area contributed by atoms with Crippen molar-refractivity contribution in [1.82, 2.24) is 10.3 Å². The number of fused-ring (bicyclic) bond motifs is 1. The molecule has 1 aliphatic carbocycles. The van der Waals surface area contributed by atoms with Crippen LogP contribution >= 0.6 is 0 Å². The maximum atomic E-state index is 13.7. The van der Waals surface area contributed by atoms with E-state index in [9.17, 15) is 9.18 Å². The first kappa shape index (κ1) is 14.9. The molecule has 2 aromatic carbocycles. The Balaban J connectivity index is 1.72. The van der Waals surface area contributed by atoms with Crippen LogP contribution in [0.15, 0.2) is 54.7 Å². The molecule has 0 aliphatic heterocycles. The molecule has 0 saturated heterocycles. The number of hydrogen-bond donors (Lipinski definition) is 2. The molecule has 1 atom stereocenters. The summed E-state index contributed by atoms with van der Waals surface area (Å²) in [4.78, 5) is 15.6. The van der Waals surface area contributed by atoms with Gasteiger partial charge in [0.2, 0.25) is 5.91 Å². The van der Waals surface area contributed by atoms with Gasteiger partial charge in [-0.3, -0.25) is 4.79 Å². The lowest BCUT2D eigenvalue weighted by Crippen LogP contribution is -2.27. The monoisotopic (exact) mass is 322 g/mol. The molecule has 0 radical (unpaired) electrons. The average molecular weight is 322 g/mol. The molecule has 3 aromatic rings. The molecule has 1 amide bonds. The van der Waals surface area contributed by atoms with E-state index in [0.29, 0.717) is 12.5 Å². The third-order valence-electron chi connectivity index (χ3n) is 4.58. The van der Waals surface area contributed by atoms with Crippen molar-refractivity contribution >= 4 is 16.8 Å². The van der Waals surface area contributed by atoms with E-state index < -0.39 is 0 Å². The largest absolute Gasteiger partial charge is 0.361 e. The Morgan fingerprint density at radius 3 is 2.83 bits per heavy atom. The van der Waals surface area contributed by atoms with Gasteiger partial charge < -0.3 is 10.3 Å². The van der Waals surface area contributed by atoms with E-state index in [1.165, 1.54) is 12.1 Å². The van der Waals surface area contributed by atoms with Gasteiger partial charge in [0.25, 0.3) is 0 Å². The van der Waals surface area contributed by atoms with Gasteiger partial charge in [-0.2, -0.15) is 0 Å². The van der Waals surface area contributed by atoms with Crippen molar-refractivity contribution in [3.63, 3.8) is 0 Å². The zero-order valence-electron chi connectivity index (χ0n) is 13.3. The zero-order valence-corrected chi connectivity index (χ0v) is 13.3. The second kappa shape index (κ2) is 6.11. The molecule has 122 valence electrons. The molecular weight excluding hydrogens is 303 g/mol. The van der Waals surface area contributed by atoms with Crippen LogP contribution in [0.2, 0.25) is 0 Å². The number of amides is 1. The van der Waals surface area contributed by atoms with Crippen molar-refractivity contribution in [1.29, 1.82) is 0 Å². The van der Waals surface area contributed by atoms with E-state index in [2.05, 4.69) is 10.3 Å². The van der Waals surface area contributed by atoms with Crippen molar-refractivity contribution < 1.29 is 9.18 Å². The number of aromatic nitrogens is 1. The Morgan fingerprint density at radius 1 is 1.21 bits per heavy atom. The minimum absolute atomic E-state index is 0.0250. The number of nitrogens with one attached hydrogen (secondary N) is 2. The fourth-order valence-corrected chi connectivity index (χ4v) is 3.21. The Morgan fingerprint density at radius 2 is 2.04 bits per heavy atom. The molecule has 1 fully saturated rings. The Labute approximate surface area is 139 Å². The molecule has 0 unspecified atom stereocenters. The number of carbonyl (C=O) groups excluding carboxylic acids is 1. The topological polar surface area (TPSA) is 44.9 Å². The highest BCUT2D eigenvalue weighted by atomic mass is 19.1. The Bertz CT molecular complexity index is 882. The van der Waals surface area contributed by atoms with Gasteiger partial charge in [-0.05, 0) is 42.2 Å². The van der Waals surface area contributed by atoms with Crippen LogP contribution in [-0.2, 0) is 4.79 Å². The summed E-state index contributed by atoms with van der Waals surface area (Å²) in [6.45, 7) is 0. The Hall–Kier alpha value is -2.62. The first-order valence-electron chi connectivity index (χ1n) is 8.31. The van der Waals surface area contributed by atoms with E-state index in [1.54, 1.807) is 6.07 Å². The number of aromatic amines is 1. The number of benzene rings is 2. The summed E-state index contributed by atoms with van der Waals surface area (Å²) in [6.07, 6.45) is 4.37. The van der Waals surface area contributed by atoms with Gasteiger partial charge in [-0.15, -0.1) is 0 Å². The third kappa shape index (κ3) is 3.04. The maximum Gasteiger partial charge on any atom is 0.221 e. The normalized spacial score (nSPS) is 15.4. The molecule has 1 saturated carbocycles. The van der Waals surface area contributed by atoms with Crippen molar-refractivity contribution in [3.8, 4) is 0 Å². The first-order valence-corrected chi connectivity index (χ1v) is 8.31. The molecule has 3 nitrogen and oxygen atoms in total. The van der Waals surface area contributed by atoms with Crippen LogP contribution in [0, 0.1) is 5.82 Å². The van der Waals surface area contributed by atoms with Gasteiger partial charge >= 0.3 is 0 Å². The minimum Gasteiger partial charge on any atom is -0.361 e. The van der Waals surface area contributed by atoms with E-state index in [1.807, 2.05) is 36.5 Å². The number of halogens is 1. The third-order valence-corrected chi connectivity index (χ3v) is 4.58. The van der Waals surface area contributed by atoms with Gasteiger partial charge in [-0.25, -0.2) is 4.39 Å². The van der Waals surface area contributed by atoms with E-state index in [4.69, 9.17) is 0 Å². The molecule has 1 aromatic heterocycles. The summed E-state index contributed by atoms with van der Waals surface area (Å²) in [5, 5.41) is 4.11. The molecule has 0 spiro atoms. The van der Waals surface area contributed by atoms with Gasteiger partial charge in [0.05, 0.1) is 0 Å². The second-order valence-electron chi connectivity index (χ2n) is 6.44. The molecule has 0 bridgehead atoms. The Kier molecular flexibility index (Phi) is 3.81. The van der Waals surface area contributed by atoms with Gasteiger partial charge in [-0.1, -0.05) is 30.3 Å². The van der Waals surface area contributed by atoms with Crippen LogP contribution in [0.3, 0.4) is 0 Å². The van der Waals surface area contributed by atoms with E-state index in [-0.39, 0.29) is 17.6 Å². The molecular formula is C20H19FN2O. The highest BCUT2D eigenvalue weighted by Crippen LogP contribution is 2.34. The van der Waals surface area contributed by atoms with Gasteiger partial charge in [0.15, 0.2) is 0 Å². The van der Waals surface area contributed by atoms with Crippen LogP contribution in [0.25, 0.3) is 10.9 Å². The average Bonchev–Trinajstić information content (AvgIpc) is 3.29. The van der Waals surface area contributed by atoms with Crippen LogP contribution < -0.4 is 5.32 Å². The number of carbonyl (C=O) groups is 1. The zero-order chi connectivity index (χ0) is 16.5. The molecule has 1 aliphatic rings. The minimum atomic E-state index is -0.278. The van der Waals surface area contributed by atoms with E-state index >= 15 is 0 Å². The second-order valence-corrected chi connectivity index (χ2v) is 6.44.